The van der Waals surface area contributed by atoms with Crippen molar-refractivity contribution in [2.24, 2.45) is 4.99 Å². The molecule has 1 aromatic carbocycles. The van der Waals surface area contributed by atoms with Crippen LogP contribution >= 0.6 is 0 Å². The monoisotopic (exact) mass is 400 g/mol. The van der Waals surface area contributed by atoms with E-state index >= 15 is 0 Å². The molecule has 8 heteroatoms. The first-order chi connectivity index (χ1) is 13.3. The van der Waals surface area contributed by atoms with Gasteiger partial charge in [-0.2, -0.15) is 8.78 Å². The normalized spacial score (nSPS) is 13.3. The number of nitrogens with zero attached hydrogens (tertiary/aromatic N) is 2. The van der Waals surface area contributed by atoms with E-state index in [2.05, 4.69) is 46.2 Å². The third kappa shape index (κ3) is 9.85. The molecule has 0 aromatic heterocycles. The summed E-state index contributed by atoms with van der Waals surface area (Å²) >= 11 is 0. The number of hydrogen-bond donors (Lipinski definition) is 3. The summed E-state index contributed by atoms with van der Waals surface area (Å²) in [4.78, 5) is 6.72. The van der Waals surface area contributed by atoms with E-state index < -0.39 is 12.7 Å². The lowest BCUT2D eigenvalue weighted by Gasteiger charge is -2.20. The average molecular weight is 401 g/mol. The Labute approximate surface area is 167 Å². The summed E-state index contributed by atoms with van der Waals surface area (Å²) in [6.07, 6.45) is 1.29. The van der Waals surface area contributed by atoms with E-state index in [0.29, 0.717) is 17.6 Å². The highest BCUT2D eigenvalue weighted by Gasteiger charge is 2.10. The highest BCUT2D eigenvalue weighted by Crippen LogP contribution is 2.19. The Morgan fingerprint density at radius 1 is 1.18 bits per heavy atom. The lowest BCUT2D eigenvalue weighted by atomic mass is 10.1. The van der Waals surface area contributed by atoms with Gasteiger partial charge in [-0.1, -0.05) is 12.1 Å². The fourth-order valence-corrected chi connectivity index (χ4v) is 2.45. The molecule has 0 saturated carbocycles. The van der Waals surface area contributed by atoms with Gasteiger partial charge < -0.3 is 25.4 Å². The van der Waals surface area contributed by atoms with Crippen LogP contribution in [-0.4, -0.2) is 61.8 Å². The van der Waals surface area contributed by atoms with E-state index in [4.69, 9.17) is 0 Å². The fraction of sp³-hybridized carbons (Fsp3) is 0.650. The van der Waals surface area contributed by atoms with Crippen LogP contribution in [0.4, 0.5) is 8.78 Å². The van der Waals surface area contributed by atoms with Crippen molar-refractivity contribution in [3.05, 3.63) is 29.8 Å². The number of rotatable bonds is 12. The molecular weight excluding hydrogens is 366 g/mol. The maximum absolute atomic E-state index is 12.2. The Kier molecular flexibility index (Phi) is 11.4. The van der Waals surface area contributed by atoms with Gasteiger partial charge in [-0.15, -0.1) is 0 Å². The topological polar surface area (TPSA) is 69.1 Å². The van der Waals surface area contributed by atoms with E-state index in [9.17, 15) is 13.9 Å². The second kappa shape index (κ2) is 13.3. The molecular formula is C20H34F2N4O2. The number of aliphatic imine (C=N–C) groups is 1. The maximum atomic E-state index is 12.2. The van der Waals surface area contributed by atoms with Crippen LogP contribution in [0.25, 0.3) is 0 Å². The van der Waals surface area contributed by atoms with E-state index in [1.165, 1.54) is 12.1 Å². The van der Waals surface area contributed by atoms with Crippen LogP contribution in [0.2, 0.25) is 0 Å². The first kappa shape index (κ1) is 24.1. The zero-order valence-corrected chi connectivity index (χ0v) is 17.3. The summed E-state index contributed by atoms with van der Waals surface area (Å²) in [6.45, 7) is 6.22. The minimum atomic E-state index is -2.86. The summed E-state index contributed by atoms with van der Waals surface area (Å²) in [5, 5.41) is 16.7. The van der Waals surface area contributed by atoms with Gasteiger partial charge >= 0.3 is 6.61 Å². The summed E-state index contributed by atoms with van der Waals surface area (Å²) in [5.41, 5.74) is 0.595. The summed E-state index contributed by atoms with van der Waals surface area (Å²) in [5.74, 6) is 0.712. The van der Waals surface area contributed by atoms with Crippen LogP contribution in [0.15, 0.2) is 29.3 Å². The van der Waals surface area contributed by atoms with Gasteiger partial charge in [0.25, 0.3) is 0 Å². The van der Waals surface area contributed by atoms with Crippen molar-refractivity contribution in [3.63, 3.8) is 0 Å². The Morgan fingerprint density at radius 3 is 2.43 bits per heavy atom. The minimum absolute atomic E-state index is 0.0626. The van der Waals surface area contributed by atoms with Crippen molar-refractivity contribution in [1.29, 1.82) is 0 Å². The van der Waals surface area contributed by atoms with Crippen molar-refractivity contribution in [2.45, 2.75) is 52.4 Å². The molecule has 0 bridgehead atoms. The molecule has 1 atom stereocenters. The van der Waals surface area contributed by atoms with Crippen LogP contribution in [0, 0.1) is 0 Å². The Morgan fingerprint density at radius 2 is 1.86 bits per heavy atom. The van der Waals surface area contributed by atoms with Crippen LogP contribution < -0.4 is 15.4 Å². The molecule has 0 fully saturated rings. The quantitative estimate of drug-likeness (QED) is 0.286. The Balaban J connectivity index is 2.45. The molecule has 0 amide bonds. The SMILES string of the molecule is CCNC(=NCC(O)c1ccc(OC(F)F)cc1)NCCCCN(C)C(C)C. The number of ether oxygens (including phenoxy) is 1. The molecule has 0 aliphatic heterocycles. The molecule has 28 heavy (non-hydrogen) atoms. The van der Waals surface area contributed by atoms with Crippen LogP contribution in [0.5, 0.6) is 5.75 Å². The number of halogens is 2. The number of aliphatic hydroxyl groups excluding tert-OH is 1. The second-order valence-electron chi connectivity index (χ2n) is 6.89. The van der Waals surface area contributed by atoms with Crippen molar-refractivity contribution < 1.29 is 18.6 Å². The summed E-state index contributed by atoms with van der Waals surface area (Å²) in [6, 6.07) is 6.48. The predicted molar refractivity (Wildman–Crippen MR) is 109 cm³/mol. The van der Waals surface area contributed by atoms with Gasteiger partial charge in [0, 0.05) is 19.1 Å². The number of nitrogens with one attached hydrogen (secondary N) is 2. The average Bonchev–Trinajstić information content (AvgIpc) is 2.65. The zero-order valence-electron chi connectivity index (χ0n) is 17.3. The Hall–Kier alpha value is -1.93. The van der Waals surface area contributed by atoms with Crippen molar-refractivity contribution >= 4 is 5.96 Å². The van der Waals surface area contributed by atoms with E-state index in [-0.39, 0.29) is 12.3 Å². The molecule has 0 heterocycles. The van der Waals surface area contributed by atoms with E-state index in [0.717, 1.165) is 32.5 Å². The number of benzene rings is 1. The van der Waals surface area contributed by atoms with Crippen LogP contribution in [0.3, 0.4) is 0 Å². The van der Waals surface area contributed by atoms with Crippen LogP contribution in [0.1, 0.15) is 45.3 Å². The third-order valence-electron chi connectivity index (χ3n) is 4.37. The van der Waals surface area contributed by atoms with Crippen LogP contribution in [-0.2, 0) is 0 Å². The van der Waals surface area contributed by atoms with Gasteiger partial charge in [-0.25, -0.2) is 0 Å². The minimum Gasteiger partial charge on any atom is -0.435 e. The molecule has 0 aliphatic rings. The third-order valence-corrected chi connectivity index (χ3v) is 4.37. The highest BCUT2D eigenvalue weighted by molar-refractivity contribution is 5.79. The van der Waals surface area contributed by atoms with Gasteiger partial charge in [-0.3, -0.25) is 4.99 Å². The molecule has 1 unspecified atom stereocenters. The molecule has 1 aromatic rings. The maximum Gasteiger partial charge on any atom is 0.387 e. The molecule has 1 rings (SSSR count). The van der Waals surface area contributed by atoms with Gasteiger partial charge in [-0.05, 0) is 64.9 Å². The van der Waals surface area contributed by atoms with Crippen molar-refractivity contribution in [3.8, 4) is 5.75 Å². The lowest BCUT2D eigenvalue weighted by molar-refractivity contribution is -0.0498. The molecule has 3 N–H and O–H groups in total. The lowest BCUT2D eigenvalue weighted by Crippen LogP contribution is -2.38. The molecule has 0 saturated heterocycles. The number of guanidine groups is 1. The number of aliphatic hydroxyl groups is 1. The van der Waals surface area contributed by atoms with Gasteiger partial charge in [0.1, 0.15) is 5.75 Å². The highest BCUT2D eigenvalue weighted by atomic mass is 19.3. The zero-order chi connectivity index (χ0) is 20.9. The smallest absolute Gasteiger partial charge is 0.387 e. The summed E-state index contributed by atoms with van der Waals surface area (Å²) < 4.78 is 28.7. The predicted octanol–water partition coefficient (Wildman–Crippen LogP) is 3.00. The molecule has 0 aliphatic carbocycles. The van der Waals surface area contributed by atoms with Crippen molar-refractivity contribution in [2.75, 3.05) is 33.2 Å². The second-order valence-corrected chi connectivity index (χ2v) is 6.89. The van der Waals surface area contributed by atoms with Gasteiger partial charge in [0.15, 0.2) is 5.96 Å². The van der Waals surface area contributed by atoms with Gasteiger partial charge in [0.2, 0.25) is 0 Å². The fourth-order valence-electron chi connectivity index (χ4n) is 2.45. The largest absolute Gasteiger partial charge is 0.435 e. The first-order valence-corrected chi connectivity index (χ1v) is 9.78. The standard InChI is InChI=1S/C20H34F2N4O2/c1-5-23-20(24-12-6-7-13-26(4)15(2)3)25-14-18(27)16-8-10-17(11-9-16)28-19(21)22/h8-11,15,18-19,27H,5-7,12-14H2,1-4H3,(H2,23,24,25). The Bertz CT molecular complexity index is 568. The molecule has 6 nitrogen and oxygen atoms in total. The van der Waals surface area contributed by atoms with Crippen molar-refractivity contribution in [1.82, 2.24) is 15.5 Å². The number of alkyl halides is 2. The molecule has 160 valence electrons. The van der Waals surface area contributed by atoms with Gasteiger partial charge in [0.05, 0.1) is 12.6 Å². The van der Waals surface area contributed by atoms with E-state index in [1.807, 2.05) is 6.92 Å². The number of unbranched alkanes of at least 4 members (excludes halogenated alkanes) is 1. The van der Waals surface area contributed by atoms with E-state index in [1.54, 1.807) is 12.1 Å². The first-order valence-electron chi connectivity index (χ1n) is 9.78. The molecule has 0 radical (unpaired) electrons. The summed E-state index contributed by atoms with van der Waals surface area (Å²) in [7, 11) is 2.12. The number of hydrogen-bond acceptors (Lipinski definition) is 4. The molecule has 0 spiro atoms.